The van der Waals surface area contributed by atoms with Crippen molar-refractivity contribution < 1.29 is 9.84 Å². The summed E-state index contributed by atoms with van der Waals surface area (Å²) in [6.45, 7) is 5.71. The molecular formula is C17H22ClN3O2. The van der Waals surface area contributed by atoms with Gasteiger partial charge >= 0.3 is 0 Å². The van der Waals surface area contributed by atoms with Crippen LogP contribution in [0, 0.1) is 24.2 Å². The number of pyridine rings is 1. The Balaban J connectivity index is 1.97. The van der Waals surface area contributed by atoms with Gasteiger partial charge in [-0.15, -0.1) is 0 Å². The number of halogens is 1. The van der Waals surface area contributed by atoms with Gasteiger partial charge in [0, 0.05) is 31.3 Å². The molecule has 0 amide bonds. The molecule has 23 heavy (non-hydrogen) atoms. The van der Waals surface area contributed by atoms with Crippen LogP contribution in [0.1, 0.15) is 37.3 Å². The van der Waals surface area contributed by atoms with E-state index in [0.29, 0.717) is 36.0 Å². The monoisotopic (exact) mass is 335 g/mol. The molecule has 2 saturated heterocycles. The van der Waals surface area contributed by atoms with Crippen LogP contribution in [-0.2, 0) is 4.74 Å². The molecule has 3 unspecified atom stereocenters. The summed E-state index contributed by atoms with van der Waals surface area (Å²) in [7, 11) is 0. The summed E-state index contributed by atoms with van der Waals surface area (Å²) in [6.07, 6.45) is 4.24. The van der Waals surface area contributed by atoms with E-state index in [-0.39, 0.29) is 12.0 Å². The molecule has 2 aliphatic rings. The predicted molar refractivity (Wildman–Crippen MR) is 88.6 cm³/mol. The lowest BCUT2D eigenvalue weighted by atomic mass is 9.79. The molecule has 0 aliphatic carbocycles. The van der Waals surface area contributed by atoms with Gasteiger partial charge in [-0.25, -0.2) is 4.98 Å². The van der Waals surface area contributed by atoms with Crippen LogP contribution in [0.3, 0.4) is 0 Å². The third kappa shape index (κ3) is 2.91. The Hall–Kier alpha value is -1.35. The smallest absolute Gasteiger partial charge is 0.147 e. The SMILES string of the molecule is Cc1c(Cl)cnc(N2CCCC2C2COCCC2(C)O)c1C#N. The minimum absolute atomic E-state index is 0.0167. The number of anilines is 1. The van der Waals surface area contributed by atoms with Crippen molar-refractivity contribution in [1.82, 2.24) is 4.98 Å². The summed E-state index contributed by atoms with van der Waals surface area (Å²) in [5.74, 6) is 0.696. The van der Waals surface area contributed by atoms with Gasteiger partial charge in [0.2, 0.25) is 0 Å². The summed E-state index contributed by atoms with van der Waals surface area (Å²) in [4.78, 5) is 6.60. The molecule has 3 heterocycles. The van der Waals surface area contributed by atoms with E-state index in [1.165, 1.54) is 0 Å². The van der Waals surface area contributed by atoms with Crippen LogP contribution in [0.4, 0.5) is 5.82 Å². The van der Waals surface area contributed by atoms with Crippen molar-refractivity contribution >= 4 is 17.4 Å². The van der Waals surface area contributed by atoms with Crippen LogP contribution in [0.2, 0.25) is 5.02 Å². The topological polar surface area (TPSA) is 69.4 Å². The highest BCUT2D eigenvalue weighted by Gasteiger charge is 2.45. The van der Waals surface area contributed by atoms with E-state index < -0.39 is 5.60 Å². The molecule has 2 fully saturated rings. The molecule has 3 atom stereocenters. The van der Waals surface area contributed by atoms with Gasteiger partial charge in [-0.2, -0.15) is 5.26 Å². The second-order valence-corrected chi connectivity index (χ2v) is 7.14. The van der Waals surface area contributed by atoms with Gasteiger partial charge in [0.1, 0.15) is 11.9 Å². The number of nitriles is 1. The molecule has 0 spiro atoms. The normalized spacial score (nSPS) is 31.2. The molecule has 1 aromatic rings. The van der Waals surface area contributed by atoms with Crippen molar-refractivity contribution in [2.75, 3.05) is 24.7 Å². The molecule has 124 valence electrons. The Morgan fingerprint density at radius 1 is 1.57 bits per heavy atom. The van der Waals surface area contributed by atoms with Crippen molar-refractivity contribution in [3.05, 3.63) is 22.3 Å². The molecule has 2 aliphatic heterocycles. The maximum atomic E-state index is 10.8. The van der Waals surface area contributed by atoms with Gasteiger partial charge in [0.25, 0.3) is 0 Å². The van der Waals surface area contributed by atoms with E-state index in [9.17, 15) is 10.4 Å². The van der Waals surface area contributed by atoms with Gasteiger partial charge in [-0.05, 0) is 38.7 Å². The first-order valence-corrected chi connectivity index (χ1v) is 8.45. The van der Waals surface area contributed by atoms with Crippen LogP contribution in [0.25, 0.3) is 0 Å². The lowest BCUT2D eigenvalue weighted by Crippen LogP contribution is -2.52. The molecular weight excluding hydrogens is 314 g/mol. The van der Waals surface area contributed by atoms with E-state index in [1.807, 2.05) is 13.8 Å². The highest BCUT2D eigenvalue weighted by molar-refractivity contribution is 6.31. The van der Waals surface area contributed by atoms with Gasteiger partial charge in [0.05, 0.1) is 22.8 Å². The minimum Gasteiger partial charge on any atom is -0.390 e. The highest BCUT2D eigenvalue weighted by Crippen LogP contribution is 2.39. The zero-order valence-corrected chi connectivity index (χ0v) is 14.3. The second-order valence-electron chi connectivity index (χ2n) is 6.73. The molecule has 1 N–H and O–H groups in total. The number of nitrogens with zero attached hydrogens (tertiary/aromatic N) is 3. The number of rotatable bonds is 2. The molecule has 0 bridgehead atoms. The summed E-state index contributed by atoms with van der Waals surface area (Å²) in [6, 6.07) is 2.37. The third-order valence-electron chi connectivity index (χ3n) is 5.25. The highest BCUT2D eigenvalue weighted by atomic mass is 35.5. The predicted octanol–water partition coefficient (Wildman–Crippen LogP) is 2.67. The number of aliphatic hydroxyl groups is 1. The number of ether oxygens (including phenoxy) is 1. The van der Waals surface area contributed by atoms with Gasteiger partial charge in [-0.1, -0.05) is 11.6 Å². The fourth-order valence-corrected chi connectivity index (χ4v) is 3.91. The van der Waals surface area contributed by atoms with Crippen LogP contribution >= 0.6 is 11.6 Å². The van der Waals surface area contributed by atoms with Crippen molar-refractivity contribution in [3.8, 4) is 6.07 Å². The zero-order chi connectivity index (χ0) is 16.6. The fourth-order valence-electron chi connectivity index (χ4n) is 3.77. The van der Waals surface area contributed by atoms with Gasteiger partial charge in [0.15, 0.2) is 0 Å². The fraction of sp³-hybridized carbons (Fsp3) is 0.647. The van der Waals surface area contributed by atoms with Crippen LogP contribution in [0.5, 0.6) is 0 Å². The summed E-state index contributed by atoms with van der Waals surface area (Å²) >= 11 is 6.11. The first-order valence-electron chi connectivity index (χ1n) is 8.07. The Labute approximate surface area is 141 Å². The van der Waals surface area contributed by atoms with Crippen LogP contribution in [-0.4, -0.2) is 41.5 Å². The molecule has 1 aromatic heterocycles. The largest absolute Gasteiger partial charge is 0.390 e. The molecule has 5 nitrogen and oxygen atoms in total. The quantitative estimate of drug-likeness (QED) is 0.899. The Kier molecular flexibility index (Phi) is 4.50. The molecule has 0 aromatic carbocycles. The summed E-state index contributed by atoms with van der Waals surface area (Å²) < 4.78 is 5.62. The average molecular weight is 336 g/mol. The first kappa shape index (κ1) is 16.5. The Morgan fingerprint density at radius 3 is 3.04 bits per heavy atom. The van der Waals surface area contributed by atoms with Gasteiger partial charge in [-0.3, -0.25) is 0 Å². The number of aromatic nitrogens is 1. The van der Waals surface area contributed by atoms with E-state index >= 15 is 0 Å². The summed E-state index contributed by atoms with van der Waals surface area (Å²) in [5, 5.41) is 20.8. The Bertz CT molecular complexity index is 641. The van der Waals surface area contributed by atoms with Gasteiger partial charge < -0.3 is 14.7 Å². The molecule has 0 saturated carbocycles. The van der Waals surface area contributed by atoms with Crippen molar-refractivity contribution in [2.45, 2.75) is 44.8 Å². The standard InChI is InChI=1S/C17H22ClN3O2/c1-11-12(8-19)16(20-9-14(11)18)21-6-3-4-15(21)13-10-23-7-5-17(13,2)22/h9,13,15,22H,3-7,10H2,1-2H3. The zero-order valence-electron chi connectivity index (χ0n) is 13.5. The average Bonchev–Trinajstić information content (AvgIpc) is 2.98. The Morgan fingerprint density at radius 2 is 2.35 bits per heavy atom. The van der Waals surface area contributed by atoms with Crippen LogP contribution < -0.4 is 4.90 Å². The molecule has 3 rings (SSSR count). The number of hydrogen-bond donors (Lipinski definition) is 1. The van der Waals surface area contributed by atoms with E-state index in [0.717, 1.165) is 24.9 Å². The van der Waals surface area contributed by atoms with Crippen molar-refractivity contribution in [3.63, 3.8) is 0 Å². The van der Waals surface area contributed by atoms with Crippen molar-refractivity contribution in [1.29, 1.82) is 5.26 Å². The summed E-state index contributed by atoms with van der Waals surface area (Å²) in [5.41, 5.74) is 0.539. The second kappa shape index (κ2) is 6.27. The van der Waals surface area contributed by atoms with Crippen LogP contribution in [0.15, 0.2) is 6.20 Å². The molecule has 6 heteroatoms. The number of hydrogen-bond acceptors (Lipinski definition) is 5. The maximum absolute atomic E-state index is 10.8. The molecule has 0 radical (unpaired) electrons. The van der Waals surface area contributed by atoms with E-state index in [4.69, 9.17) is 16.3 Å². The third-order valence-corrected chi connectivity index (χ3v) is 5.63. The maximum Gasteiger partial charge on any atom is 0.147 e. The lowest BCUT2D eigenvalue weighted by molar-refractivity contribution is -0.108. The van der Waals surface area contributed by atoms with E-state index in [1.54, 1.807) is 6.20 Å². The first-order chi connectivity index (χ1) is 11.0. The van der Waals surface area contributed by atoms with E-state index in [2.05, 4.69) is 16.0 Å². The lowest BCUT2D eigenvalue weighted by Gasteiger charge is -2.43. The minimum atomic E-state index is -0.750. The van der Waals surface area contributed by atoms with Crippen molar-refractivity contribution in [2.24, 2.45) is 5.92 Å².